The summed E-state index contributed by atoms with van der Waals surface area (Å²) in [4.78, 5) is 9.35. The Bertz CT molecular complexity index is 489. The molecule has 1 aromatic heterocycles. The van der Waals surface area contributed by atoms with Gasteiger partial charge in [-0.15, -0.1) is 24.0 Å². The van der Waals surface area contributed by atoms with E-state index in [-0.39, 0.29) is 24.0 Å². The van der Waals surface area contributed by atoms with E-state index in [9.17, 15) is 0 Å². The van der Waals surface area contributed by atoms with Crippen molar-refractivity contribution in [2.45, 2.75) is 12.8 Å². The number of nitrogens with one attached hydrogen (secondary N) is 1. The van der Waals surface area contributed by atoms with E-state index < -0.39 is 0 Å². The monoisotopic (exact) mass is 448 g/mol. The van der Waals surface area contributed by atoms with Crippen molar-refractivity contribution in [2.24, 2.45) is 10.9 Å². The van der Waals surface area contributed by atoms with E-state index in [0.717, 1.165) is 70.0 Å². The molecular formula is C17H29IN4O2. The van der Waals surface area contributed by atoms with Crippen LogP contribution >= 0.6 is 24.0 Å². The maximum atomic E-state index is 5.43. The van der Waals surface area contributed by atoms with Crippen LogP contribution in [0.25, 0.3) is 0 Å². The lowest BCUT2D eigenvalue weighted by Crippen LogP contribution is -2.42. The number of halogens is 1. The van der Waals surface area contributed by atoms with Crippen molar-refractivity contribution in [3.05, 3.63) is 24.2 Å². The maximum Gasteiger partial charge on any atom is 0.193 e. The molecular weight excluding hydrogens is 419 g/mol. The summed E-state index contributed by atoms with van der Waals surface area (Å²) in [6.45, 7) is 8.14. The molecule has 0 aliphatic carbocycles. The van der Waals surface area contributed by atoms with E-state index in [4.69, 9.17) is 9.15 Å². The number of likely N-dealkylation sites (tertiary alicyclic amines) is 1. The zero-order valence-electron chi connectivity index (χ0n) is 14.4. The van der Waals surface area contributed by atoms with Gasteiger partial charge in [-0.3, -0.25) is 9.89 Å². The van der Waals surface area contributed by atoms with Gasteiger partial charge in [0.15, 0.2) is 5.96 Å². The molecule has 3 rings (SSSR count). The number of morpholine rings is 1. The van der Waals surface area contributed by atoms with Crippen molar-refractivity contribution in [1.82, 2.24) is 15.1 Å². The summed E-state index contributed by atoms with van der Waals surface area (Å²) in [5.41, 5.74) is 0. The lowest BCUT2D eigenvalue weighted by Gasteiger charge is -2.29. The van der Waals surface area contributed by atoms with Gasteiger partial charge < -0.3 is 19.4 Å². The van der Waals surface area contributed by atoms with Gasteiger partial charge >= 0.3 is 0 Å². The van der Waals surface area contributed by atoms with E-state index >= 15 is 0 Å². The van der Waals surface area contributed by atoms with Gasteiger partial charge in [-0.25, -0.2) is 0 Å². The fourth-order valence-corrected chi connectivity index (χ4v) is 3.41. The molecule has 0 saturated carbocycles. The summed E-state index contributed by atoms with van der Waals surface area (Å²) >= 11 is 0. The first kappa shape index (κ1) is 19.5. The van der Waals surface area contributed by atoms with Crippen LogP contribution in [0.15, 0.2) is 27.8 Å². The zero-order chi connectivity index (χ0) is 15.9. The van der Waals surface area contributed by atoms with E-state index in [1.165, 1.54) is 13.0 Å². The highest BCUT2D eigenvalue weighted by Gasteiger charge is 2.26. The van der Waals surface area contributed by atoms with Crippen LogP contribution < -0.4 is 5.32 Å². The SMILES string of the molecule is CN=C(NCCc1ccco1)N1CCC(CN2CCOCC2)C1.I. The van der Waals surface area contributed by atoms with Gasteiger partial charge in [0.05, 0.1) is 19.5 Å². The van der Waals surface area contributed by atoms with E-state index in [1.54, 1.807) is 6.26 Å². The lowest BCUT2D eigenvalue weighted by molar-refractivity contribution is 0.0315. The second kappa shape index (κ2) is 10.2. The summed E-state index contributed by atoms with van der Waals surface area (Å²) < 4.78 is 10.8. The predicted octanol–water partition coefficient (Wildman–Crippen LogP) is 1.67. The van der Waals surface area contributed by atoms with Crippen LogP contribution in [0.4, 0.5) is 0 Å². The molecule has 0 radical (unpaired) electrons. The van der Waals surface area contributed by atoms with Crippen LogP contribution in [-0.2, 0) is 11.2 Å². The summed E-state index contributed by atoms with van der Waals surface area (Å²) in [5, 5.41) is 3.46. The molecule has 1 unspecified atom stereocenters. The largest absolute Gasteiger partial charge is 0.469 e. The fraction of sp³-hybridized carbons (Fsp3) is 0.706. The molecule has 0 spiro atoms. The number of guanidine groups is 1. The van der Waals surface area contributed by atoms with E-state index in [0.29, 0.717) is 0 Å². The van der Waals surface area contributed by atoms with Gasteiger partial charge in [0.25, 0.3) is 0 Å². The Balaban J connectivity index is 0.00000208. The Morgan fingerprint density at radius 1 is 1.33 bits per heavy atom. The van der Waals surface area contributed by atoms with Gasteiger partial charge in [0.1, 0.15) is 5.76 Å². The summed E-state index contributed by atoms with van der Waals surface area (Å²) in [7, 11) is 1.87. The third kappa shape index (κ3) is 5.63. The van der Waals surface area contributed by atoms with Crippen LogP contribution in [0.3, 0.4) is 0 Å². The number of hydrogen-bond donors (Lipinski definition) is 1. The number of aliphatic imine (C=N–C) groups is 1. The molecule has 1 aromatic rings. The van der Waals surface area contributed by atoms with Gasteiger partial charge in [0.2, 0.25) is 0 Å². The number of ether oxygens (including phenoxy) is 1. The van der Waals surface area contributed by atoms with Crippen LogP contribution in [0.1, 0.15) is 12.2 Å². The van der Waals surface area contributed by atoms with Gasteiger partial charge in [-0.2, -0.15) is 0 Å². The molecule has 24 heavy (non-hydrogen) atoms. The minimum Gasteiger partial charge on any atom is -0.469 e. The molecule has 0 aromatic carbocycles. The van der Waals surface area contributed by atoms with Crippen LogP contribution in [0, 0.1) is 5.92 Å². The first-order chi connectivity index (χ1) is 11.3. The van der Waals surface area contributed by atoms with Crippen LogP contribution in [0.5, 0.6) is 0 Å². The maximum absolute atomic E-state index is 5.43. The smallest absolute Gasteiger partial charge is 0.193 e. The molecule has 2 fully saturated rings. The molecule has 0 bridgehead atoms. The highest BCUT2D eigenvalue weighted by atomic mass is 127. The third-order valence-electron chi connectivity index (χ3n) is 4.65. The molecule has 2 aliphatic heterocycles. The Morgan fingerprint density at radius 3 is 2.88 bits per heavy atom. The van der Waals surface area contributed by atoms with Crippen molar-refractivity contribution in [3.8, 4) is 0 Å². The Hall–Kier alpha value is -0.800. The van der Waals surface area contributed by atoms with Crippen molar-refractivity contribution in [3.63, 3.8) is 0 Å². The molecule has 6 nitrogen and oxygen atoms in total. The van der Waals surface area contributed by atoms with Gasteiger partial charge in [-0.05, 0) is 24.5 Å². The van der Waals surface area contributed by atoms with Gasteiger partial charge in [0, 0.05) is 52.7 Å². The average Bonchev–Trinajstić information content (AvgIpc) is 3.25. The lowest BCUT2D eigenvalue weighted by atomic mass is 10.1. The summed E-state index contributed by atoms with van der Waals surface area (Å²) in [5.74, 6) is 2.76. The Labute approximate surface area is 161 Å². The minimum absolute atomic E-state index is 0. The molecule has 2 saturated heterocycles. The van der Waals surface area contributed by atoms with Gasteiger partial charge in [-0.1, -0.05) is 0 Å². The topological polar surface area (TPSA) is 53.2 Å². The standard InChI is InChI=1S/C17H28N4O2.HI/c1-18-17(19-6-4-16-3-2-10-23-16)21-7-5-15(14-21)13-20-8-11-22-12-9-20;/h2-3,10,15H,4-9,11-14H2,1H3,(H,18,19);1H. The summed E-state index contributed by atoms with van der Waals surface area (Å²) in [6, 6.07) is 3.94. The van der Waals surface area contributed by atoms with Crippen molar-refractivity contribution >= 4 is 29.9 Å². The van der Waals surface area contributed by atoms with Crippen LogP contribution in [-0.4, -0.2) is 75.3 Å². The first-order valence-electron chi connectivity index (χ1n) is 8.63. The minimum atomic E-state index is 0. The Morgan fingerprint density at radius 2 is 2.17 bits per heavy atom. The zero-order valence-corrected chi connectivity index (χ0v) is 16.8. The number of furan rings is 1. The van der Waals surface area contributed by atoms with E-state index in [2.05, 4.69) is 20.1 Å². The average molecular weight is 448 g/mol. The predicted molar refractivity (Wildman–Crippen MR) is 106 cm³/mol. The second-order valence-corrected chi connectivity index (χ2v) is 6.32. The number of nitrogens with zero attached hydrogens (tertiary/aromatic N) is 3. The number of hydrogen-bond acceptors (Lipinski definition) is 4. The highest BCUT2D eigenvalue weighted by Crippen LogP contribution is 2.18. The molecule has 3 heterocycles. The Kier molecular flexibility index (Phi) is 8.34. The van der Waals surface area contributed by atoms with E-state index in [1.807, 2.05) is 19.2 Å². The van der Waals surface area contributed by atoms with Crippen molar-refractivity contribution < 1.29 is 9.15 Å². The molecule has 1 atom stereocenters. The second-order valence-electron chi connectivity index (χ2n) is 6.32. The summed E-state index contributed by atoms with van der Waals surface area (Å²) in [6.07, 6.45) is 3.86. The molecule has 2 aliphatic rings. The quantitative estimate of drug-likeness (QED) is 0.422. The fourth-order valence-electron chi connectivity index (χ4n) is 3.41. The molecule has 0 amide bonds. The van der Waals surface area contributed by atoms with Crippen molar-refractivity contribution in [1.29, 1.82) is 0 Å². The number of rotatable bonds is 5. The van der Waals surface area contributed by atoms with Crippen LogP contribution in [0.2, 0.25) is 0 Å². The molecule has 7 heteroatoms. The normalized spacial score (nSPS) is 22.5. The highest BCUT2D eigenvalue weighted by molar-refractivity contribution is 14.0. The van der Waals surface area contributed by atoms with Crippen molar-refractivity contribution in [2.75, 3.05) is 59.5 Å². The molecule has 136 valence electrons. The molecule has 1 N–H and O–H groups in total. The first-order valence-corrected chi connectivity index (χ1v) is 8.63. The third-order valence-corrected chi connectivity index (χ3v) is 4.65.